The third-order valence-corrected chi connectivity index (χ3v) is 2.95. The summed E-state index contributed by atoms with van der Waals surface area (Å²) in [5.74, 6) is -0.948. The molecule has 0 aliphatic heterocycles. The molecule has 0 spiro atoms. The molecule has 0 aliphatic carbocycles. The van der Waals surface area contributed by atoms with Crippen molar-refractivity contribution >= 4 is 23.4 Å². The largest absolute Gasteiger partial charge is 0.416 e. The summed E-state index contributed by atoms with van der Waals surface area (Å²) in [6, 6.07) is 6.03. The van der Waals surface area contributed by atoms with Gasteiger partial charge in [0.2, 0.25) is 0 Å². The summed E-state index contributed by atoms with van der Waals surface area (Å²) >= 11 is 1.00. The number of primary amides is 1. The van der Waals surface area contributed by atoms with Crippen molar-refractivity contribution in [3.63, 3.8) is 0 Å². The SMILES string of the molecule is CS/C(Nc1cccc(C(F)(F)F)c1)=C(\C#N)C(N)=O. The van der Waals surface area contributed by atoms with E-state index in [1.54, 1.807) is 12.3 Å². The van der Waals surface area contributed by atoms with Crippen molar-refractivity contribution < 1.29 is 18.0 Å². The molecule has 3 N–H and O–H groups in total. The number of carbonyl (C=O) groups excluding carboxylic acids is 1. The Morgan fingerprint density at radius 2 is 2.10 bits per heavy atom. The molecule has 0 saturated carbocycles. The first-order chi connectivity index (χ1) is 9.29. The molecule has 0 fully saturated rings. The minimum Gasteiger partial charge on any atom is -0.365 e. The van der Waals surface area contributed by atoms with Gasteiger partial charge in [0.1, 0.15) is 11.6 Å². The Bertz CT molecular complexity index is 590. The van der Waals surface area contributed by atoms with Crippen LogP contribution >= 0.6 is 11.8 Å². The molecule has 0 unspecified atom stereocenters. The first-order valence-corrected chi connectivity index (χ1v) is 6.44. The number of nitriles is 1. The van der Waals surface area contributed by atoms with Crippen LogP contribution in [0.1, 0.15) is 5.56 Å². The second-order valence-corrected chi connectivity index (χ2v) is 4.40. The predicted molar refractivity (Wildman–Crippen MR) is 70.4 cm³/mol. The topological polar surface area (TPSA) is 78.9 Å². The zero-order valence-corrected chi connectivity index (χ0v) is 11.1. The van der Waals surface area contributed by atoms with Crippen LogP contribution in [0.5, 0.6) is 0 Å². The maximum absolute atomic E-state index is 12.6. The van der Waals surface area contributed by atoms with Crippen molar-refractivity contribution in [1.82, 2.24) is 0 Å². The van der Waals surface area contributed by atoms with E-state index in [4.69, 9.17) is 11.0 Å². The fraction of sp³-hybridized carbons (Fsp3) is 0.167. The number of amides is 1. The number of anilines is 1. The molecule has 0 bridgehead atoms. The number of thioether (sulfide) groups is 1. The summed E-state index contributed by atoms with van der Waals surface area (Å²) < 4.78 is 37.7. The number of carbonyl (C=O) groups is 1. The molecule has 0 saturated heterocycles. The molecule has 1 aromatic rings. The maximum Gasteiger partial charge on any atom is 0.416 e. The van der Waals surface area contributed by atoms with Crippen molar-refractivity contribution in [2.24, 2.45) is 5.73 Å². The number of nitrogens with two attached hydrogens (primary N) is 1. The van der Waals surface area contributed by atoms with Crippen molar-refractivity contribution in [3.05, 3.63) is 40.4 Å². The highest BCUT2D eigenvalue weighted by Crippen LogP contribution is 2.31. The Morgan fingerprint density at radius 3 is 2.55 bits per heavy atom. The first kappa shape index (κ1) is 15.9. The minimum atomic E-state index is -4.47. The molecular weight excluding hydrogens is 291 g/mol. The zero-order chi connectivity index (χ0) is 15.3. The molecule has 0 atom stereocenters. The summed E-state index contributed by atoms with van der Waals surface area (Å²) in [7, 11) is 0. The van der Waals surface area contributed by atoms with Gasteiger partial charge in [0.25, 0.3) is 5.91 Å². The van der Waals surface area contributed by atoms with Gasteiger partial charge in [-0.25, -0.2) is 0 Å². The van der Waals surface area contributed by atoms with Crippen LogP contribution in [-0.4, -0.2) is 12.2 Å². The number of hydrogen-bond donors (Lipinski definition) is 2. The molecule has 1 rings (SSSR count). The average molecular weight is 301 g/mol. The van der Waals surface area contributed by atoms with Crippen LogP contribution in [0.25, 0.3) is 0 Å². The van der Waals surface area contributed by atoms with E-state index in [2.05, 4.69) is 5.32 Å². The molecule has 0 heterocycles. The molecule has 1 amide bonds. The zero-order valence-electron chi connectivity index (χ0n) is 10.3. The lowest BCUT2D eigenvalue weighted by molar-refractivity contribution is -0.137. The van der Waals surface area contributed by atoms with E-state index < -0.39 is 17.6 Å². The van der Waals surface area contributed by atoms with Crippen LogP contribution < -0.4 is 11.1 Å². The smallest absolute Gasteiger partial charge is 0.365 e. The van der Waals surface area contributed by atoms with Crippen molar-refractivity contribution in [3.8, 4) is 6.07 Å². The van der Waals surface area contributed by atoms with Crippen LogP contribution in [-0.2, 0) is 11.0 Å². The van der Waals surface area contributed by atoms with E-state index in [0.29, 0.717) is 0 Å². The molecule has 106 valence electrons. The van der Waals surface area contributed by atoms with E-state index in [1.807, 2.05) is 0 Å². The number of hydrogen-bond acceptors (Lipinski definition) is 4. The van der Waals surface area contributed by atoms with Crippen molar-refractivity contribution in [1.29, 1.82) is 5.26 Å². The highest BCUT2D eigenvalue weighted by Gasteiger charge is 2.30. The fourth-order valence-electron chi connectivity index (χ4n) is 1.34. The van der Waals surface area contributed by atoms with Gasteiger partial charge in [0.05, 0.1) is 10.6 Å². The van der Waals surface area contributed by atoms with Gasteiger partial charge in [-0.2, -0.15) is 18.4 Å². The van der Waals surface area contributed by atoms with Crippen molar-refractivity contribution in [2.75, 3.05) is 11.6 Å². The molecule has 20 heavy (non-hydrogen) atoms. The van der Waals surface area contributed by atoms with Gasteiger partial charge in [-0.15, -0.1) is 11.8 Å². The van der Waals surface area contributed by atoms with E-state index >= 15 is 0 Å². The maximum atomic E-state index is 12.6. The lowest BCUT2D eigenvalue weighted by Crippen LogP contribution is -2.16. The summed E-state index contributed by atoms with van der Waals surface area (Å²) in [6.45, 7) is 0. The molecule has 0 aliphatic rings. The normalized spacial score (nSPS) is 12.3. The third kappa shape index (κ3) is 3.93. The summed E-state index contributed by atoms with van der Waals surface area (Å²) in [6.07, 6.45) is -2.90. The van der Waals surface area contributed by atoms with E-state index in [1.165, 1.54) is 12.1 Å². The van der Waals surface area contributed by atoms with Crippen LogP contribution in [0.3, 0.4) is 0 Å². The third-order valence-electron chi connectivity index (χ3n) is 2.24. The highest BCUT2D eigenvalue weighted by molar-refractivity contribution is 8.02. The highest BCUT2D eigenvalue weighted by atomic mass is 32.2. The lowest BCUT2D eigenvalue weighted by atomic mass is 10.2. The number of nitrogens with one attached hydrogen (secondary N) is 1. The molecule has 1 aromatic carbocycles. The first-order valence-electron chi connectivity index (χ1n) is 5.22. The summed E-state index contributed by atoms with van der Waals surface area (Å²) in [5.41, 5.74) is 3.96. The quantitative estimate of drug-likeness (QED) is 0.662. The summed E-state index contributed by atoms with van der Waals surface area (Å²) in [4.78, 5) is 11.1. The molecule has 0 radical (unpaired) electrons. The lowest BCUT2D eigenvalue weighted by Gasteiger charge is -2.12. The Morgan fingerprint density at radius 1 is 1.45 bits per heavy atom. The predicted octanol–water partition coefficient (Wildman–Crippen LogP) is 2.70. The molecular formula is C12H10F3N3OS. The number of nitrogens with zero attached hydrogens (tertiary/aromatic N) is 1. The van der Waals surface area contributed by atoms with Gasteiger partial charge >= 0.3 is 6.18 Å². The monoisotopic (exact) mass is 301 g/mol. The van der Waals surface area contributed by atoms with Crippen LogP contribution in [0.2, 0.25) is 0 Å². The van der Waals surface area contributed by atoms with Crippen LogP contribution in [0.15, 0.2) is 34.9 Å². The minimum absolute atomic E-state index is 0.0966. The molecule has 8 heteroatoms. The van der Waals surface area contributed by atoms with E-state index in [0.717, 1.165) is 23.9 Å². The van der Waals surface area contributed by atoms with E-state index in [-0.39, 0.29) is 16.3 Å². The standard InChI is InChI=1S/C12H10F3N3OS/c1-20-11(9(6-16)10(17)19)18-8-4-2-3-7(5-8)12(13,14)15/h2-5,18H,1H3,(H2,17,19)/b11-9+. The van der Waals surface area contributed by atoms with Crippen LogP contribution in [0.4, 0.5) is 18.9 Å². The number of alkyl halides is 3. The second kappa shape index (κ2) is 6.34. The Labute approximate surface area is 117 Å². The van der Waals surface area contributed by atoms with Gasteiger partial charge in [-0.1, -0.05) is 6.07 Å². The van der Waals surface area contributed by atoms with Crippen molar-refractivity contribution in [2.45, 2.75) is 6.18 Å². The van der Waals surface area contributed by atoms with Gasteiger partial charge in [-0.05, 0) is 24.5 Å². The van der Waals surface area contributed by atoms with Gasteiger partial charge in [0, 0.05) is 5.69 Å². The van der Waals surface area contributed by atoms with E-state index in [9.17, 15) is 18.0 Å². The number of halogens is 3. The van der Waals surface area contributed by atoms with Crippen LogP contribution in [0, 0.1) is 11.3 Å². The second-order valence-electron chi connectivity index (χ2n) is 3.59. The molecule has 0 aromatic heterocycles. The average Bonchev–Trinajstić information content (AvgIpc) is 2.37. The number of benzene rings is 1. The summed E-state index contributed by atoms with van der Waals surface area (Å²) in [5, 5.41) is 11.5. The Balaban J connectivity index is 3.15. The number of rotatable bonds is 4. The van der Waals surface area contributed by atoms with Gasteiger partial charge in [-0.3, -0.25) is 4.79 Å². The van der Waals surface area contributed by atoms with Gasteiger partial charge < -0.3 is 11.1 Å². The molecule has 4 nitrogen and oxygen atoms in total. The fourth-order valence-corrected chi connectivity index (χ4v) is 1.91. The van der Waals surface area contributed by atoms with Gasteiger partial charge in [0.15, 0.2) is 0 Å². The Kier molecular flexibility index (Phi) is 5.05. The Hall–Kier alpha value is -2.14.